The molecule has 94 valence electrons. The molecule has 0 aromatic heterocycles. The van der Waals surface area contributed by atoms with Crippen LogP contribution in [-0.4, -0.2) is 17.7 Å². The van der Waals surface area contributed by atoms with Gasteiger partial charge in [0.15, 0.2) is 6.10 Å². The highest BCUT2D eigenvalue weighted by atomic mass is 19.1. The maximum absolute atomic E-state index is 13.5. The van der Waals surface area contributed by atoms with Crippen LogP contribution in [0.4, 0.5) is 4.39 Å². The first-order valence-corrected chi connectivity index (χ1v) is 5.61. The van der Waals surface area contributed by atoms with Crippen LogP contribution in [0.15, 0.2) is 18.2 Å². The Kier molecular flexibility index (Phi) is 4.63. The molecule has 1 unspecified atom stereocenters. The lowest BCUT2D eigenvalue weighted by molar-refractivity contribution is -0.153. The molecule has 1 aromatic carbocycles. The summed E-state index contributed by atoms with van der Waals surface area (Å²) in [6.45, 7) is 5.69. The number of hydrogen-bond donors (Lipinski definition) is 1. The average molecular weight is 240 g/mol. The molecule has 0 aliphatic rings. The summed E-state index contributed by atoms with van der Waals surface area (Å²) in [5, 5.41) is 9.69. The number of hydrogen-bond acceptors (Lipinski definition) is 3. The number of ether oxygens (including phenoxy) is 1. The van der Waals surface area contributed by atoms with Gasteiger partial charge in [0.05, 0.1) is 6.61 Å². The van der Waals surface area contributed by atoms with Crippen molar-refractivity contribution in [2.75, 3.05) is 6.61 Å². The Labute approximate surface area is 100 Å². The van der Waals surface area contributed by atoms with E-state index in [1.54, 1.807) is 13.0 Å². The molecule has 1 N–H and O–H groups in total. The molecule has 0 saturated carbocycles. The van der Waals surface area contributed by atoms with Crippen molar-refractivity contribution in [1.82, 2.24) is 0 Å². The third-order valence-corrected chi connectivity index (χ3v) is 2.49. The lowest BCUT2D eigenvalue weighted by Gasteiger charge is -2.13. The van der Waals surface area contributed by atoms with Crippen LogP contribution >= 0.6 is 0 Å². The fourth-order valence-electron chi connectivity index (χ4n) is 1.48. The standard InChI is InChI=1S/C13H17FO3/c1-4-17-13(16)12(15)10-7-9(8(2)3)5-6-11(10)14/h5-8,12,15H,4H2,1-3H3. The maximum atomic E-state index is 13.5. The van der Waals surface area contributed by atoms with Gasteiger partial charge >= 0.3 is 5.97 Å². The highest BCUT2D eigenvalue weighted by Crippen LogP contribution is 2.23. The van der Waals surface area contributed by atoms with Crippen LogP contribution in [0.5, 0.6) is 0 Å². The molecular weight excluding hydrogens is 223 g/mol. The lowest BCUT2D eigenvalue weighted by Crippen LogP contribution is -2.17. The zero-order valence-electron chi connectivity index (χ0n) is 10.2. The molecular formula is C13H17FO3. The zero-order chi connectivity index (χ0) is 13.0. The van der Waals surface area contributed by atoms with Gasteiger partial charge in [-0.1, -0.05) is 19.9 Å². The number of carbonyl (C=O) groups excluding carboxylic acids is 1. The molecule has 0 aliphatic heterocycles. The number of carbonyl (C=O) groups is 1. The van der Waals surface area contributed by atoms with E-state index in [1.807, 2.05) is 13.8 Å². The zero-order valence-corrected chi connectivity index (χ0v) is 10.2. The van der Waals surface area contributed by atoms with Gasteiger partial charge in [-0.15, -0.1) is 0 Å². The van der Waals surface area contributed by atoms with E-state index < -0.39 is 17.9 Å². The number of halogens is 1. The number of aliphatic hydroxyl groups is 1. The van der Waals surface area contributed by atoms with Crippen LogP contribution in [0.2, 0.25) is 0 Å². The number of esters is 1. The minimum Gasteiger partial charge on any atom is -0.464 e. The fraction of sp³-hybridized carbons (Fsp3) is 0.462. The molecule has 0 aliphatic carbocycles. The minimum absolute atomic E-state index is 0.0327. The molecule has 3 nitrogen and oxygen atoms in total. The van der Waals surface area contributed by atoms with Crippen molar-refractivity contribution in [3.8, 4) is 0 Å². The summed E-state index contributed by atoms with van der Waals surface area (Å²) in [4.78, 5) is 11.3. The Bertz CT molecular complexity index is 402. The summed E-state index contributed by atoms with van der Waals surface area (Å²) in [5.41, 5.74) is 0.833. The molecule has 0 spiro atoms. The quantitative estimate of drug-likeness (QED) is 0.823. The van der Waals surface area contributed by atoms with Crippen LogP contribution in [0.3, 0.4) is 0 Å². The van der Waals surface area contributed by atoms with E-state index in [0.717, 1.165) is 5.56 Å². The van der Waals surface area contributed by atoms with E-state index in [-0.39, 0.29) is 18.1 Å². The van der Waals surface area contributed by atoms with E-state index in [0.29, 0.717) is 0 Å². The summed E-state index contributed by atoms with van der Waals surface area (Å²) in [7, 11) is 0. The molecule has 0 saturated heterocycles. The minimum atomic E-state index is -1.56. The van der Waals surface area contributed by atoms with Gasteiger partial charge in [-0.25, -0.2) is 9.18 Å². The molecule has 1 rings (SSSR count). The molecule has 0 amide bonds. The smallest absolute Gasteiger partial charge is 0.339 e. The second kappa shape index (κ2) is 5.77. The first-order chi connectivity index (χ1) is 7.97. The SMILES string of the molecule is CCOC(=O)C(O)c1cc(C(C)C)ccc1F. The van der Waals surface area contributed by atoms with Gasteiger partial charge in [0.1, 0.15) is 5.82 Å². The van der Waals surface area contributed by atoms with E-state index in [1.165, 1.54) is 12.1 Å². The van der Waals surface area contributed by atoms with Crippen LogP contribution in [0, 0.1) is 5.82 Å². The van der Waals surface area contributed by atoms with Crippen molar-refractivity contribution >= 4 is 5.97 Å². The first kappa shape index (κ1) is 13.6. The van der Waals surface area contributed by atoms with Crippen molar-refractivity contribution in [1.29, 1.82) is 0 Å². The van der Waals surface area contributed by atoms with Gasteiger partial charge in [0, 0.05) is 5.56 Å². The van der Waals surface area contributed by atoms with Crippen LogP contribution in [0.1, 0.15) is 43.9 Å². The summed E-state index contributed by atoms with van der Waals surface area (Å²) >= 11 is 0. The summed E-state index contributed by atoms with van der Waals surface area (Å²) in [6.07, 6.45) is -1.56. The third kappa shape index (κ3) is 3.27. The molecule has 0 radical (unpaired) electrons. The Morgan fingerprint density at radius 1 is 1.47 bits per heavy atom. The van der Waals surface area contributed by atoms with Crippen molar-refractivity contribution in [3.63, 3.8) is 0 Å². The molecule has 4 heteroatoms. The molecule has 1 atom stereocenters. The summed E-state index contributed by atoms with van der Waals surface area (Å²) < 4.78 is 18.2. The molecule has 0 fully saturated rings. The van der Waals surface area contributed by atoms with E-state index in [9.17, 15) is 14.3 Å². The Morgan fingerprint density at radius 2 is 2.12 bits per heavy atom. The largest absolute Gasteiger partial charge is 0.464 e. The van der Waals surface area contributed by atoms with E-state index in [4.69, 9.17) is 0 Å². The fourth-order valence-corrected chi connectivity index (χ4v) is 1.48. The molecule has 0 bridgehead atoms. The van der Waals surface area contributed by atoms with Gasteiger partial charge in [-0.2, -0.15) is 0 Å². The summed E-state index contributed by atoms with van der Waals surface area (Å²) in [6, 6.07) is 4.40. The highest BCUT2D eigenvalue weighted by Gasteiger charge is 2.22. The van der Waals surface area contributed by atoms with Crippen molar-refractivity contribution in [2.45, 2.75) is 32.8 Å². The Morgan fingerprint density at radius 3 is 2.65 bits per heavy atom. The van der Waals surface area contributed by atoms with Crippen LogP contribution in [0.25, 0.3) is 0 Å². The molecule has 1 aromatic rings. The average Bonchev–Trinajstić information content (AvgIpc) is 2.28. The van der Waals surface area contributed by atoms with E-state index >= 15 is 0 Å². The van der Waals surface area contributed by atoms with Crippen molar-refractivity contribution in [2.24, 2.45) is 0 Å². The van der Waals surface area contributed by atoms with Gasteiger partial charge in [0.25, 0.3) is 0 Å². The normalized spacial score (nSPS) is 12.6. The predicted octanol–water partition coefficient (Wildman–Crippen LogP) is 2.55. The number of benzene rings is 1. The topological polar surface area (TPSA) is 46.5 Å². The van der Waals surface area contributed by atoms with Crippen LogP contribution < -0.4 is 0 Å². The van der Waals surface area contributed by atoms with Crippen molar-refractivity contribution < 1.29 is 19.0 Å². The Hall–Kier alpha value is -1.42. The second-order valence-corrected chi connectivity index (χ2v) is 4.09. The summed E-state index contributed by atoms with van der Waals surface area (Å²) in [5.74, 6) is -1.23. The molecule has 17 heavy (non-hydrogen) atoms. The second-order valence-electron chi connectivity index (χ2n) is 4.09. The van der Waals surface area contributed by atoms with Gasteiger partial charge < -0.3 is 9.84 Å². The third-order valence-electron chi connectivity index (χ3n) is 2.49. The van der Waals surface area contributed by atoms with Crippen molar-refractivity contribution in [3.05, 3.63) is 35.1 Å². The first-order valence-electron chi connectivity index (χ1n) is 5.61. The van der Waals surface area contributed by atoms with E-state index in [2.05, 4.69) is 4.74 Å². The highest BCUT2D eigenvalue weighted by molar-refractivity contribution is 5.76. The maximum Gasteiger partial charge on any atom is 0.339 e. The van der Waals surface area contributed by atoms with Gasteiger partial charge in [0.2, 0.25) is 0 Å². The number of rotatable bonds is 4. The van der Waals surface area contributed by atoms with Crippen LogP contribution in [-0.2, 0) is 9.53 Å². The Balaban J connectivity index is 3.03. The lowest BCUT2D eigenvalue weighted by atomic mass is 9.98. The number of aliphatic hydroxyl groups excluding tert-OH is 1. The van der Waals surface area contributed by atoms with Gasteiger partial charge in [-0.05, 0) is 30.5 Å². The van der Waals surface area contributed by atoms with Gasteiger partial charge in [-0.3, -0.25) is 0 Å². The monoisotopic (exact) mass is 240 g/mol. The molecule has 0 heterocycles. The predicted molar refractivity (Wildman–Crippen MR) is 62.1 cm³/mol.